The Hall–Kier alpha value is -3.29. The van der Waals surface area contributed by atoms with Crippen LogP contribution < -0.4 is 10.6 Å². The van der Waals surface area contributed by atoms with Gasteiger partial charge in [-0.3, -0.25) is 9.59 Å². The highest BCUT2D eigenvalue weighted by Crippen LogP contribution is 2.14. The summed E-state index contributed by atoms with van der Waals surface area (Å²) in [6.07, 6.45) is 1.37. The Morgan fingerprint density at radius 3 is 2.20 bits per heavy atom. The smallest absolute Gasteiger partial charge is 0.330 e. The predicted molar refractivity (Wildman–Crippen MR) is 106 cm³/mol. The Balaban J connectivity index is 2.10. The Kier molecular flexibility index (Phi) is 8.46. The van der Waals surface area contributed by atoms with Crippen LogP contribution in [0.2, 0.25) is 0 Å². The maximum absolute atomic E-state index is 13.3. The van der Waals surface area contributed by atoms with Gasteiger partial charge in [0.2, 0.25) is 11.8 Å². The number of hydrogen-bond donors (Lipinski definition) is 3. The first kappa shape index (κ1) is 23.0. The number of carboxylic acids is 1. The first-order valence-electron chi connectivity index (χ1n) is 9.62. The molecule has 2 atom stereocenters. The van der Waals surface area contributed by atoms with Crippen LogP contribution in [0.5, 0.6) is 0 Å². The van der Waals surface area contributed by atoms with Crippen LogP contribution in [0.15, 0.2) is 48.5 Å². The summed E-state index contributed by atoms with van der Waals surface area (Å²) in [6, 6.07) is 8.75. The second-order valence-corrected chi connectivity index (χ2v) is 6.91. The number of carboxylic acid groups (broad SMARTS) is 1. The van der Waals surface area contributed by atoms with Crippen molar-refractivity contribution in [3.05, 3.63) is 71.3 Å². The van der Waals surface area contributed by atoms with Crippen LogP contribution in [0.4, 0.5) is 8.78 Å². The van der Waals surface area contributed by atoms with Crippen molar-refractivity contribution < 1.29 is 28.3 Å². The lowest BCUT2D eigenvalue weighted by atomic mass is 10.0. The largest absolute Gasteiger partial charge is 0.479 e. The minimum Gasteiger partial charge on any atom is -0.479 e. The van der Waals surface area contributed by atoms with E-state index in [1.54, 1.807) is 30.3 Å². The van der Waals surface area contributed by atoms with Crippen molar-refractivity contribution in [1.82, 2.24) is 10.6 Å². The average molecular weight is 418 g/mol. The molecule has 2 amide bonds. The fraction of sp³-hybridized carbons (Fsp3) is 0.318. The van der Waals surface area contributed by atoms with Gasteiger partial charge in [0.25, 0.3) is 0 Å². The van der Waals surface area contributed by atoms with Crippen molar-refractivity contribution >= 4 is 17.8 Å². The standard InChI is InChI=1S/C22H24F2N2O4/c1-2-3-9-18(25-19(27)12-14-10-16(23)13-17(24)11-14)21(28)26-20(22(29)30)15-7-5-4-6-8-15/h4-8,10-11,13,18,20H,2-3,9,12H2,1H3,(H,25,27)(H,26,28)(H,29,30)/t18-,20-/m0/s1. The quantitative estimate of drug-likeness (QED) is 0.552. The molecule has 2 aromatic rings. The molecule has 2 aromatic carbocycles. The molecule has 2 rings (SSSR count). The number of hydrogen-bond acceptors (Lipinski definition) is 3. The van der Waals surface area contributed by atoms with Crippen molar-refractivity contribution in [3.63, 3.8) is 0 Å². The third kappa shape index (κ3) is 6.95. The molecule has 0 spiro atoms. The van der Waals surface area contributed by atoms with Gasteiger partial charge < -0.3 is 15.7 Å². The van der Waals surface area contributed by atoms with Crippen LogP contribution in [-0.2, 0) is 20.8 Å². The number of benzene rings is 2. The van der Waals surface area contributed by atoms with Crippen molar-refractivity contribution in [2.45, 2.75) is 44.7 Å². The zero-order chi connectivity index (χ0) is 22.1. The van der Waals surface area contributed by atoms with Crippen molar-refractivity contribution in [2.75, 3.05) is 0 Å². The second-order valence-electron chi connectivity index (χ2n) is 6.91. The van der Waals surface area contributed by atoms with Crippen molar-refractivity contribution in [3.8, 4) is 0 Å². The van der Waals surface area contributed by atoms with E-state index in [0.717, 1.165) is 18.6 Å². The molecular weight excluding hydrogens is 394 g/mol. The van der Waals surface area contributed by atoms with Crippen LogP contribution in [0.25, 0.3) is 0 Å². The van der Waals surface area contributed by atoms with E-state index >= 15 is 0 Å². The highest BCUT2D eigenvalue weighted by molar-refractivity contribution is 5.91. The average Bonchev–Trinajstić information content (AvgIpc) is 2.68. The van der Waals surface area contributed by atoms with Gasteiger partial charge in [-0.25, -0.2) is 13.6 Å². The predicted octanol–water partition coefficient (Wildman–Crippen LogP) is 3.12. The zero-order valence-electron chi connectivity index (χ0n) is 16.5. The van der Waals surface area contributed by atoms with Crippen LogP contribution in [0.1, 0.15) is 43.4 Å². The summed E-state index contributed by atoms with van der Waals surface area (Å²) in [5.41, 5.74) is 0.529. The molecule has 6 nitrogen and oxygen atoms in total. The third-order valence-electron chi connectivity index (χ3n) is 4.45. The summed E-state index contributed by atoms with van der Waals surface area (Å²) >= 11 is 0. The van der Waals surface area contributed by atoms with E-state index in [1.165, 1.54) is 0 Å². The number of carbonyl (C=O) groups is 3. The van der Waals surface area contributed by atoms with Gasteiger partial charge in [0.05, 0.1) is 6.42 Å². The molecule has 0 bridgehead atoms. The maximum Gasteiger partial charge on any atom is 0.330 e. The Labute approximate surface area is 173 Å². The van der Waals surface area contributed by atoms with E-state index in [0.29, 0.717) is 24.5 Å². The number of aliphatic carboxylic acids is 1. The van der Waals surface area contributed by atoms with E-state index in [-0.39, 0.29) is 12.0 Å². The first-order valence-corrected chi connectivity index (χ1v) is 9.62. The van der Waals surface area contributed by atoms with E-state index in [1.807, 2.05) is 6.92 Å². The molecule has 8 heteroatoms. The van der Waals surface area contributed by atoms with Gasteiger partial charge in [-0.15, -0.1) is 0 Å². The zero-order valence-corrected chi connectivity index (χ0v) is 16.5. The summed E-state index contributed by atoms with van der Waals surface area (Å²) in [4.78, 5) is 36.7. The molecule has 0 unspecified atom stereocenters. The minimum atomic E-state index is -1.27. The summed E-state index contributed by atoms with van der Waals surface area (Å²) < 4.78 is 26.6. The van der Waals surface area contributed by atoms with Crippen LogP contribution in [0.3, 0.4) is 0 Å². The molecule has 160 valence electrons. The van der Waals surface area contributed by atoms with Gasteiger partial charge >= 0.3 is 5.97 Å². The monoisotopic (exact) mass is 418 g/mol. The summed E-state index contributed by atoms with van der Waals surface area (Å²) in [5, 5.41) is 14.5. The summed E-state index contributed by atoms with van der Waals surface area (Å²) in [7, 11) is 0. The normalized spacial score (nSPS) is 12.6. The fourth-order valence-corrected chi connectivity index (χ4v) is 3.00. The van der Waals surface area contributed by atoms with Gasteiger partial charge in [0.15, 0.2) is 6.04 Å². The van der Waals surface area contributed by atoms with Gasteiger partial charge in [-0.1, -0.05) is 50.1 Å². The molecule has 0 aliphatic heterocycles. The van der Waals surface area contributed by atoms with Crippen LogP contribution in [-0.4, -0.2) is 28.9 Å². The summed E-state index contributed by atoms with van der Waals surface area (Å²) in [5.74, 6) is -4.07. The molecule has 0 saturated heterocycles. The van der Waals surface area contributed by atoms with Crippen molar-refractivity contribution in [1.29, 1.82) is 0 Å². The number of carbonyl (C=O) groups excluding carboxylic acids is 2. The first-order chi connectivity index (χ1) is 14.3. The molecule has 0 aliphatic rings. The molecule has 0 saturated carbocycles. The van der Waals surface area contributed by atoms with E-state index in [4.69, 9.17) is 0 Å². The number of halogens is 2. The molecule has 0 aliphatic carbocycles. The Bertz CT molecular complexity index is 870. The van der Waals surface area contributed by atoms with Gasteiger partial charge in [0.1, 0.15) is 17.7 Å². The molecular formula is C22H24F2N2O4. The van der Waals surface area contributed by atoms with Crippen LogP contribution in [0, 0.1) is 11.6 Å². The summed E-state index contributed by atoms with van der Waals surface area (Å²) in [6.45, 7) is 1.91. The number of rotatable bonds is 10. The number of nitrogens with one attached hydrogen (secondary N) is 2. The molecule has 0 radical (unpaired) electrons. The lowest BCUT2D eigenvalue weighted by Crippen LogP contribution is -2.49. The fourth-order valence-electron chi connectivity index (χ4n) is 3.00. The lowest BCUT2D eigenvalue weighted by Gasteiger charge is -2.21. The molecule has 0 heterocycles. The van der Waals surface area contributed by atoms with Gasteiger partial charge in [-0.05, 0) is 29.7 Å². The highest BCUT2D eigenvalue weighted by atomic mass is 19.1. The molecule has 0 fully saturated rings. The Morgan fingerprint density at radius 2 is 1.63 bits per heavy atom. The molecule has 30 heavy (non-hydrogen) atoms. The number of unbranched alkanes of at least 4 members (excludes halogenated alkanes) is 1. The topological polar surface area (TPSA) is 95.5 Å². The van der Waals surface area contributed by atoms with Crippen molar-refractivity contribution in [2.24, 2.45) is 0 Å². The van der Waals surface area contributed by atoms with E-state index in [9.17, 15) is 28.3 Å². The number of amides is 2. The molecule has 0 aromatic heterocycles. The highest BCUT2D eigenvalue weighted by Gasteiger charge is 2.27. The Morgan fingerprint density at radius 1 is 1.00 bits per heavy atom. The van der Waals surface area contributed by atoms with E-state index < -0.39 is 41.5 Å². The maximum atomic E-state index is 13.3. The second kappa shape index (κ2) is 11.0. The van der Waals surface area contributed by atoms with Gasteiger partial charge in [-0.2, -0.15) is 0 Å². The lowest BCUT2D eigenvalue weighted by molar-refractivity contribution is -0.142. The minimum absolute atomic E-state index is 0.132. The third-order valence-corrected chi connectivity index (χ3v) is 4.45. The molecule has 3 N–H and O–H groups in total. The van der Waals surface area contributed by atoms with Gasteiger partial charge in [0, 0.05) is 6.07 Å². The SMILES string of the molecule is CCCC[C@H](NC(=O)Cc1cc(F)cc(F)c1)C(=O)N[C@H](C(=O)O)c1ccccc1. The van der Waals surface area contributed by atoms with Crippen LogP contribution >= 0.6 is 0 Å². The van der Waals surface area contributed by atoms with E-state index in [2.05, 4.69) is 10.6 Å².